The summed E-state index contributed by atoms with van der Waals surface area (Å²) in [4.78, 5) is 11.4. The Morgan fingerprint density at radius 1 is 1.29 bits per heavy atom. The van der Waals surface area contributed by atoms with Crippen molar-refractivity contribution in [2.75, 3.05) is 0 Å². The first-order chi connectivity index (χ1) is 6.81. The molecule has 14 heavy (non-hydrogen) atoms. The molecule has 0 aromatic carbocycles. The van der Waals surface area contributed by atoms with Crippen LogP contribution in [-0.2, 0) is 9.53 Å². The second-order valence-corrected chi connectivity index (χ2v) is 4.36. The number of hydrogen-bond acceptors (Lipinski definition) is 2. The van der Waals surface area contributed by atoms with Crippen LogP contribution in [0.5, 0.6) is 0 Å². The topological polar surface area (TPSA) is 26.3 Å². The van der Waals surface area contributed by atoms with Crippen LogP contribution in [0.2, 0.25) is 0 Å². The molecule has 0 amide bonds. The monoisotopic (exact) mass is 194 g/mol. The number of cyclic esters (lactones) is 1. The fourth-order valence-electron chi connectivity index (χ4n) is 2.56. The van der Waals surface area contributed by atoms with Gasteiger partial charge in [0.15, 0.2) is 0 Å². The molecule has 0 radical (unpaired) electrons. The lowest BCUT2D eigenvalue weighted by molar-refractivity contribution is -0.141. The summed E-state index contributed by atoms with van der Waals surface area (Å²) in [5.74, 6) is 0.549. The van der Waals surface area contributed by atoms with Gasteiger partial charge < -0.3 is 4.74 Å². The van der Waals surface area contributed by atoms with E-state index >= 15 is 0 Å². The highest BCUT2D eigenvalue weighted by Crippen LogP contribution is 2.34. The fourth-order valence-corrected chi connectivity index (χ4v) is 2.56. The maximum Gasteiger partial charge on any atom is 0.334 e. The molecule has 0 bridgehead atoms. The standard InChI is InChI=1S/C12H18O2/c1-2-9-8-11(14-12(9)13)10-6-4-3-5-7-10/h2,10-11H,3-8H2,1H3/b9-2+. The quantitative estimate of drug-likeness (QED) is 0.474. The van der Waals surface area contributed by atoms with Crippen LogP contribution in [0.3, 0.4) is 0 Å². The highest BCUT2D eigenvalue weighted by Gasteiger charge is 2.34. The molecule has 1 atom stereocenters. The minimum absolute atomic E-state index is 0.0805. The van der Waals surface area contributed by atoms with Gasteiger partial charge in [0.05, 0.1) is 0 Å². The van der Waals surface area contributed by atoms with Crippen molar-refractivity contribution in [3.63, 3.8) is 0 Å². The predicted octanol–water partition coefficient (Wildman–Crippen LogP) is 2.83. The van der Waals surface area contributed by atoms with Crippen LogP contribution in [0, 0.1) is 5.92 Å². The molecule has 1 saturated heterocycles. The summed E-state index contributed by atoms with van der Waals surface area (Å²) in [5.41, 5.74) is 0.876. The molecule has 0 spiro atoms. The van der Waals surface area contributed by atoms with Crippen LogP contribution in [-0.4, -0.2) is 12.1 Å². The lowest BCUT2D eigenvalue weighted by atomic mass is 9.84. The molecule has 1 aliphatic carbocycles. The molecular weight excluding hydrogens is 176 g/mol. The maximum absolute atomic E-state index is 11.4. The number of rotatable bonds is 1. The Bertz CT molecular complexity index is 249. The van der Waals surface area contributed by atoms with E-state index < -0.39 is 0 Å². The molecule has 1 aliphatic heterocycles. The normalized spacial score (nSPS) is 32.2. The molecule has 2 heteroatoms. The summed E-state index contributed by atoms with van der Waals surface area (Å²) in [5, 5.41) is 0. The average Bonchev–Trinajstić information content (AvgIpc) is 2.61. The van der Waals surface area contributed by atoms with Gasteiger partial charge in [-0.05, 0) is 25.7 Å². The first kappa shape index (κ1) is 9.75. The minimum atomic E-state index is -0.0805. The molecule has 1 saturated carbocycles. The second kappa shape index (κ2) is 4.16. The van der Waals surface area contributed by atoms with Crippen molar-refractivity contribution >= 4 is 5.97 Å². The van der Waals surface area contributed by atoms with E-state index in [2.05, 4.69) is 0 Å². The van der Waals surface area contributed by atoms with Crippen LogP contribution in [0.25, 0.3) is 0 Å². The number of carbonyl (C=O) groups is 1. The summed E-state index contributed by atoms with van der Waals surface area (Å²) in [6.45, 7) is 1.92. The first-order valence-electron chi connectivity index (χ1n) is 5.67. The molecule has 0 N–H and O–H groups in total. The average molecular weight is 194 g/mol. The molecule has 1 unspecified atom stereocenters. The zero-order valence-corrected chi connectivity index (χ0v) is 8.79. The summed E-state index contributed by atoms with van der Waals surface area (Å²) in [6, 6.07) is 0. The van der Waals surface area contributed by atoms with Crippen LogP contribution >= 0.6 is 0 Å². The van der Waals surface area contributed by atoms with E-state index in [4.69, 9.17) is 4.74 Å². The summed E-state index contributed by atoms with van der Waals surface area (Å²) >= 11 is 0. The zero-order chi connectivity index (χ0) is 9.97. The van der Waals surface area contributed by atoms with E-state index in [-0.39, 0.29) is 12.1 Å². The molecule has 1 heterocycles. The minimum Gasteiger partial charge on any atom is -0.458 e. The Hall–Kier alpha value is -0.790. The van der Waals surface area contributed by atoms with E-state index in [0.29, 0.717) is 5.92 Å². The third-order valence-corrected chi connectivity index (χ3v) is 3.47. The lowest BCUT2D eigenvalue weighted by Crippen LogP contribution is -2.22. The molecule has 2 fully saturated rings. The van der Waals surface area contributed by atoms with Crippen molar-refractivity contribution in [3.05, 3.63) is 11.6 Å². The van der Waals surface area contributed by atoms with Crippen molar-refractivity contribution in [2.45, 2.75) is 51.6 Å². The summed E-state index contributed by atoms with van der Waals surface area (Å²) in [7, 11) is 0. The van der Waals surface area contributed by atoms with Gasteiger partial charge in [-0.1, -0.05) is 25.3 Å². The Labute approximate surface area is 85.3 Å². The maximum atomic E-state index is 11.4. The third-order valence-electron chi connectivity index (χ3n) is 3.47. The summed E-state index contributed by atoms with van der Waals surface area (Å²) < 4.78 is 5.40. The Morgan fingerprint density at radius 3 is 2.57 bits per heavy atom. The molecule has 78 valence electrons. The van der Waals surface area contributed by atoms with Crippen molar-refractivity contribution in [2.24, 2.45) is 5.92 Å². The van der Waals surface area contributed by atoms with Gasteiger partial charge in [0.1, 0.15) is 6.10 Å². The number of allylic oxidation sites excluding steroid dienone is 1. The van der Waals surface area contributed by atoms with E-state index in [0.717, 1.165) is 12.0 Å². The second-order valence-electron chi connectivity index (χ2n) is 4.36. The smallest absolute Gasteiger partial charge is 0.334 e. The molecule has 2 aliphatic rings. The Kier molecular flexibility index (Phi) is 2.90. The third kappa shape index (κ3) is 1.84. The molecule has 2 nitrogen and oxygen atoms in total. The highest BCUT2D eigenvalue weighted by atomic mass is 16.5. The number of ether oxygens (including phenoxy) is 1. The molecule has 0 aromatic rings. The van der Waals surface area contributed by atoms with E-state index in [1.807, 2.05) is 13.0 Å². The molecule has 2 rings (SSSR count). The fraction of sp³-hybridized carbons (Fsp3) is 0.750. The van der Waals surface area contributed by atoms with Gasteiger partial charge in [0.2, 0.25) is 0 Å². The van der Waals surface area contributed by atoms with Crippen molar-refractivity contribution in [1.29, 1.82) is 0 Å². The van der Waals surface area contributed by atoms with Gasteiger partial charge in [-0.25, -0.2) is 4.79 Å². The van der Waals surface area contributed by atoms with Gasteiger partial charge in [-0.15, -0.1) is 0 Å². The van der Waals surface area contributed by atoms with Crippen molar-refractivity contribution < 1.29 is 9.53 Å². The van der Waals surface area contributed by atoms with Crippen molar-refractivity contribution in [3.8, 4) is 0 Å². The number of carbonyl (C=O) groups excluding carboxylic acids is 1. The zero-order valence-electron chi connectivity index (χ0n) is 8.79. The Balaban J connectivity index is 1.96. The van der Waals surface area contributed by atoms with Crippen LogP contribution < -0.4 is 0 Å². The number of hydrogen-bond donors (Lipinski definition) is 0. The van der Waals surface area contributed by atoms with Gasteiger partial charge in [0.25, 0.3) is 0 Å². The Morgan fingerprint density at radius 2 is 2.00 bits per heavy atom. The van der Waals surface area contributed by atoms with E-state index in [1.165, 1.54) is 32.1 Å². The van der Waals surface area contributed by atoms with Gasteiger partial charge in [-0.2, -0.15) is 0 Å². The SMILES string of the molecule is C/C=C1\CC(C2CCCCC2)OC1=O. The largest absolute Gasteiger partial charge is 0.458 e. The van der Waals surface area contributed by atoms with E-state index in [9.17, 15) is 4.79 Å². The van der Waals surface area contributed by atoms with Crippen molar-refractivity contribution in [1.82, 2.24) is 0 Å². The lowest BCUT2D eigenvalue weighted by Gasteiger charge is -2.25. The number of esters is 1. The van der Waals surface area contributed by atoms with Crippen LogP contribution in [0.4, 0.5) is 0 Å². The predicted molar refractivity (Wildman–Crippen MR) is 54.8 cm³/mol. The highest BCUT2D eigenvalue weighted by molar-refractivity contribution is 5.90. The van der Waals surface area contributed by atoms with E-state index in [1.54, 1.807) is 0 Å². The van der Waals surface area contributed by atoms with Gasteiger partial charge >= 0.3 is 5.97 Å². The van der Waals surface area contributed by atoms with Crippen LogP contribution in [0.1, 0.15) is 45.4 Å². The molecule has 0 aromatic heterocycles. The summed E-state index contributed by atoms with van der Waals surface area (Å²) in [6.07, 6.45) is 9.39. The molecular formula is C12H18O2. The van der Waals surface area contributed by atoms with Gasteiger partial charge in [0, 0.05) is 12.0 Å². The van der Waals surface area contributed by atoms with Gasteiger partial charge in [-0.3, -0.25) is 0 Å². The van der Waals surface area contributed by atoms with Crippen LogP contribution in [0.15, 0.2) is 11.6 Å². The first-order valence-corrected chi connectivity index (χ1v) is 5.67.